The van der Waals surface area contributed by atoms with Crippen molar-refractivity contribution < 1.29 is 5.21 Å². The molecule has 0 saturated heterocycles. The molecule has 1 N–H and O–H groups in total. The van der Waals surface area contributed by atoms with Crippen LogP contribution in [-0.4, -0.2) is 16.0 Å². The highest BCUT2D eigenvalue weighted by atomic mass is 16.4. The lowest BCUT2D eigenvalue weighted by Gasteiger charge is -2.14. The van der Waals surface area contributed by atoms with Crippen molar-refractivity contribution in [2.45, 2.75) is 52.0 Å². The Labute approximate surface area is 178 Å². The highest BCUT2D eigenvalue weighted by Gasteiger charge is 2.25. The van der Waals surface area contributed by atoms with Gasteiger partial charge in [0.25, 0.3) is 0 Å². The average molecular weight is 397 g/mol. The molecule has 3 aliphatic rings. The molecule has 0 radical (unpaired) electrons. The quantitative estimate of drug-likeness (QED) is 0.138. The minimum absolute atomic E-state index is 0.634. The number of nitrogens with zero attached hydrogens (tertiary/aromatic N) is 2. The highest BCUT2D eigenvalue weighted by Crippen LogP contribution is 2.46. The zero-order valence-electron chi connectivity index (χ0n) is 17.6. The SMILES string of the molecule is CCCCCCn1ccc2cc3cc4c(c(CC=NO)c3c-2c1)-c1ccccc1C4. The highest BCUT2D eigenvalue weighted by molar-refractivity contribution is 6.09. The lowest BCUT2D eigenvalue weighted by molar-refractivity contribution is 0.321. The molecule has 3 heteroatoms. The number of hydrogen-bond donors (Lipinski definition) is 1. The monoisotopic (exact) mass is 396 g/mol. The van der Waals surface area contributed by atoms with Crippen molar-refractivity contribution in [1.82, 2.24) is 4.57 Å². The average Bonchev–Trinajstić information content (AvgIpc) is 3.32. The van der Waals surface area contributed by atoms with Gasteiger partial charge in [-0.15, -0.1) is 5.16 Å². The van der Waals surface area contributed by atoms with Crippen LogP contribution in [0.1, 0.15) is 49.3 Å². The second kappa shape index (κ2) is 7.98. The van der Waals surface area contributed by atoms with E-state index in [0.717, 1.165) is 13.0 Å². The van der Waals surface area contributed by atoms with Gasteiger partial charge in [-0.1, -0.05) is 56.5 Å². The van der Waals surface area contributed by atoms with Gasteiger partial charge < -0.3 is 9.77 Å². The molecule has 2 aromatic carbocycles. The first-order chi connectivity index (χ1) is 14.8. The summed E-state index contributed by atoms with van der Waals surface area (Å²) in [7, 11) is 0. The van der Waals surface area contributed by atoms with Crippen molar-refractivity contribution >= 4 is 17.0 Å². The lowest BCUT2D eigenvalue weighted by atomic mass is 9.92. The minimum Gasteiger partial charge on any atom is -0.411 e. The molecule has 0 amide bonds. The number of fused-ring (bicyclic) bond motifs is 6. The topological polar surface area (TPSA) is 37.5 Å². The van der Waals surface area contributed by atoms with Gasteiger partial charge in [-0.05, 0) is 69.1 Å². The molecule has 5 rings (SSSR count). The van der Waals surface area contributed by atoms with Gasteiger partial charge in [0, 0.05) is 37.1 Å². The van der Waals surface area contributed by atoms with E-state index < -0.39 is 0 Å². The van der Waals surface area contributed by atoms with Gasteiger partial charge in [0.2, 0.25) is 0 Å². The molecule has 152 valence electrons. The summed E-state index contributed by atoms with van der Waals surface area (Å²) < 4.78 is 2.34. The summed E-state index contributed by atoms with van der Waals surface area (Å²) in [5.74, 6) is 0. The predicted octanol–water partition coefficient (Wildman–Crippen LogP) is 6.90. The number of aromatic nitrogens is 1. The number of pyridine rings is 1. The van der Waals surface area contributed by atoms with Gasteiger partial charge in [0.05, 0.1) is 0 Å². The Morgan fingerprint density at radius 3 is 2.80 bits per heavy atom. The summed E-state index contributed by atoms with van der Waals surface area (Å²) in [6.45, 7) is 3.31. The maximum atomic E-state index is 9.16. The van der Waals surface area contributed by atoms with Gasteiger partial charge in [-0.3, -0.25) is 0 Å². The van der Waals surface area contributed by atoms with Crippen LogP contribution in [-0.2, 0) is 19.4 Å². The van der Waals surface area contributed by atoms with Crippen molar-refractivity contribution in [2.24, 2.45) is 5.16 Å². The Morgan fingerprint density at radius 2 is 1.93 bits per heavy atom. The number of aryl methyl sites for hydroxylation is 1. The molecule has 30 heavy (non-hydrogen) atoms. The van der Waals surface area contributed by atoms with Crippen LogP contribution in [0.2, 0.25) is 0 Å². The summed E-state index contributed by atoms with van der Waals surface area (Å²) in [6.07, 6.45) is 12.8. The molecular weight excluding hydrogens is 368 g/mol. The van der Waals surface area contributed by atoms with Gasteiger partial charge >= 0.3 is 0 Å². The molecule has 1 aliphatic heterocycles. The van der Waals surface area contributed by atoms with Crippen molar-refractivity contribution in [3.63, 3.8) is 0 Å². The van der Waals surface area contributed by atoms with E-state index >= 15 is 0 Å². The number of hydrogen-bond acceptors (Lipinski definition) is 2. The maximum absolute atomic E-state index is 9.16. The zero-order valence-corrected chi connectivity index (χ0v) is 17.6. The van der Waals surface area contributed by atoms with E-state index in [0.29, 0.717) is 6.42 Å². The summed E-state index contributed by atoms with van der Waals surface area (Å²) in [4.78, 5) is 0. The molecular formula is C27H28N2O. The summed E-state index contributed by atoms with van der Waals surface area (Å²) in [5.41, 5.74) is 9.30. The first-order valence-corrected chi connectivity index (χ1v) is 11.1. The van der Waals surface area contributed by atoms with Crippen LogP contribution < -0.4 is 0 Å². The largest absolute Gasteiger partial charge is 0.411 e. The smallest absolute Gasteiger partial charge is 0.0480 e. The van der Waals surface area contributed by atoms with E-state index in [4.69, 9.17) is 5.21 Å². The second-order valence-corrected chi connectivity index (χ2v) is 8.45. The Hall–Kier alpha value is -3.07. The molecule has 0 unspecified atom stereocenters. The minimum atomic E-state index is 0.634. The molecule has 2 aliphatic carbocycles. The van der Waals surface area contributed by atoms with Crippen molar-refractivity contribution in [3.8, 4) is 22.3 Å². The third-order valence-electron chi connectivity index (χ3n) is 6.49. The predicted molar refractivity (Wildman–Crippen MR) is 125 cm³/mol. The third-order valence-corrected chi connectivity index (χ3v) is 6.49. The van der Waals surface area contributed by atoms with Crippen LogP contribution in [0.3, 0.4) is 0 Å². The molecule has 0 saturated carbocycles. The fourth-order valence-electron chi connectivity index (χ4n) is 5.10. The molecule has 0 aromatic heterocycles. The molecule has 0 bridgehead atoms. The second-order valence-electron chi connectivity index (χ2n) is 8.45. The van der Waals surface area contributed by atoms with Crippen molar-refractivity contribution in [2.75, 3.05) is 0 Å². The number of unbranched alkanes of at least 4 members (excludes halogenated alkanes) is 3. The fourth-order valence-corrected chi connectivity index (χ4v) is 5.10. The maximum Gasteiger partial charge on any atom is 0.0480 e. The summed E-state index contributed by atoms with van der Waals surface area (Å²) >= 11 is 0. The van der Waals surface area contributed by atoms with Crippen LogP contribution in [0, 0.1) is 0 Å². The third kappa shape index (κ3) is 3.19. The Kier molecular flexibility index (Phi) is 5.04. The van der Waals surface area contributed by atoms with Gasteiger partial charge in [0.15, 0.2) is 0 Å². The number of oxime groups is 1. The molecule has 0 fully saturated rings. The van der Waals surface area contributed by atoms with Crippen molar-refractivity contribution in [3.05, 3.63) is 71.5 Å². The Morgan fingerprint density at radius 1 is 1.03 bits per heavy atom. The molecule has 3 nitrogen and oxygen atoms in total. The Balaban J connectivity index is 1.67. The van der Waals surface area contributed by atoms with E-state index in [-0.39, 0.29) is 0 Å². The van der Waals surface area contributed by atoms with E-state index in [9.17, 15) is 0 Å². The zero-order chi connectivity index (χ0) is 20.5. The molecule has 2 aromatic rings. The van der Waals surface area contributed by atoms with Gasteiger partial charge in [-0.25, -0.2) is 0 Å². The van der Waals surface area contributed by atoms with Crippen LogP contribution in [0.15, 0.2) is 60.0 Å². The lowest BCUT2D eigenvalue weighted by Crippen LogP contribution is -2.00. The summed E-state index contributed by atoms with van der Waals surface area (Å²) in [6, 6.07) is 15.6. The first-order valence-electron chi connectivity index (χ1n) is 11.1. The van der Waals surface area contributed by atoms with Gasteiger partial charge in [-0.2, -0.15) is 0 Å². The van der Waals surface area contributed by atoms with Gasteiger partial charge in [0.1, 0.15) is 0 Å². The molecule has 0 atom stereocenters. The van der Waals surface area contributed by atoms with E-state index in [1.54, 1.807) is 6.21 Å². The Bertz CT molecular complexity index is 1200. The van der Waals surface area contributed by atoms with Crippen LogP contribution >= 0.6 is 0 Å². The molecule has 1 heterocycles. The van der Waals surface area contributed by atoms with E-state index in [1.165, 1.54) is 75.4 Å². The van der Waals surface area contributed by atoms with E-state index in [1.807, 2.05) is 0 Å². The van der Waals surface area contributed by atoms with E-state index in [2.05, 4.69) is 71.5 Å². The first kappa shape index (κ1) is 18.9. The number of rotatable bonds is 7. The fraction of sp³-hybridized carbons (Fsp3) is 0.296. The normalized spacial score (nSPS) is 12.8. The standard InChI is InChI=1S/C27H28N2O/c1-2-3-4-7-13-29-14-11-20-16-22-17-21-15-19-8-5-6-9-23(19)26(21)24(10-12-28-30)27(22)25(20)18-29/h5-6,8-9,11-12,14,16-18,30H,2-4,7,10,13,15H2,1H3. The molecule has 0 spiro atoms. The summed E-state index contributed by atoms with van der Waals surface area (Å²) in [5, 5.41) is 15.1. The van der Waals surface area contributed by atoms with Crippen LogP contribution in [0.25, 0.3) is 33.0 Å². The number of benzene rings is 2. The van der Waals surface area contributed by atoms with Crippen LogP contribution in [0.5, 0.6) is 0 Å². The van der Waals surface area contributed by atoms with Crippen molar-refractivity contribution in [1.29, 1.82) is 0 Å². The van der Waals surface area contributed by atoms with Crippen LogP contribution in [0.4, 0.5) is 0 Å².